The standard InChI is InChI=1S/C16H16O2/c1-12-15(18-12)16(17,13-8-4-2-5-9-13)14-10-6-3-7-11-14/h2-12,15,17H,1H3. The maximum Gasteiger partial charge on any atom is 0.143 e. The zero-order valence-corrected chi connectivity index (χ0v) is 10.3. The lowest BCUT2D eigenvalue weighted by atomic mass is 9.82. The lowest BCUT2D eigenvalue weighted by Crippen LogP contribution is -2.34. The third-order valence-electron chi connectivity index (χ3n) is 3.55. The Bertz CT molecular complexity index is 482. The lowest BCUT2D eigenvalue weighted by molar-refractivity contribution is 0.0477. The molecule has 1 heterocycles. The predicted molar refractivity (Wildman–Crippen MR) is 70.2 cm³/mol. The summed E-state index contributed by atoms with van der Waals surface area (Å²) in [6, 6.07) is 19.4. The fraction of sp³-hybridized carbons (Fsp3) is 0.250. The summed E-state index contributed by atoms with van der Waals surface area (Å²) in [5.41, 5.74) is 0.707. The Labute approximate surface area is 107 Å². The molecule has 3 rings (SSSR count). The molecule has 2 aromatic rings. The molecule has 0 amide bonds. The van der Waals surface area contributed by atoms with Crippen LogP contribution in [0.4, 0.5) is 0 Å². The van der Waals surface area contributed by atoms with Crippen molar-refractivity contribution in [3.05, 3.63) is 71.8 Å². The second-order valence-corrected chi connectivity index (χ2v) is 4.76. The van der Waals surface area contributed by atoms with E-state index < -0.39 is 5.60 Å². The Balaban J connectivity index is 2.11. The van der Waals surface area contributed by atoms with Gasteiger partial charge in [0.2, 0.25) is 0 Å². The van der Waals surface area contributed by atoms with E-state index in [-0.39, 0.29) is 12.2 Å². The Morgan fingerprint density at radius 1 is 0.889 bits per heavy atom. The van der Waals surface area contributed by atoms with Gasteiger partial charge in [-0.15, -0.1) is 0 Å². The molecular weight excluding hydrogens is 224 g/mol. The molecule has 0 bridgehead atoms. The summed E-state index contributed by atoms with van der Waals surface area (Å²) in [7, 11) is 0. The molecule has 2 heteroatoms. The Morgan fingerprint density at radius 2 is 1.28 bits per heavy atom. The fourth-order valence-corrected chi connectivity index (χ4v) is 2.50. The summed E-state index contributed by atoms with van der Waals surface area (Å²) < 4.78 is 5.54. The van der Waals surface area contributed by atoms with Gasteiger partial charge < -0.3 is 9.84 Å². The monoisotopic (exact) mass is 240 g/mol. The third-order valence-corrected chi connectivity index (χ3v) is 3.55. The van der Waals surface area contributed by atoms with Crippen LogP contribution < -0.4 is 0 Å². The Hall–Kier alpha value is -1.64. The molecule has 92 valence electrons. The van der Waals surface area contributed by atoms with E-state index in [9.17, 15) is 5.11 Å². The largest absolute Gasteiger partial charge is 0.378 e. The molecule has 1 aliphatic heterocycles. The number of ether oxygens (including phenoxy) is 1. The highest BCUT2D eigenvalue weighted by Crippen LogP contribution is 2.43. The van der Waals surface area contributed by atoms with Gasteiger partial charge in [0.1, 0.15) is 11.7 Å². The van der Waals surface area contributed by atoms with Crippen molar-refractivity contribution >= 4 is 0 Å². The van der Waals surface area contributed by atoms with Gasteiger partial charge in [0.25, 0.3) is 0 Å². The Morgan fingerprint density at radius 3 is 1.61 bits per heavy atom. The number of hydrogen-bond donors (Lipinski definition) is 1. The van der Waals surface area contributed by atoms with Crippen LogP contribution in [0.2, 0.25) is 0 Å². The van der Waals surface area contributed by atoms with Crippen molar-refractivity contribution in [2.45, 2.75) is 24.7 Å². The van der Waals surface area contributed by atoms with Crippen molar-refractivity contribution in [1.82, 2.24) is 0 Å². The smallest absolute Gasteiger partial charge is 0.143 e. The zero-order valence-electron chi connectivity index (χ0n) is 10.3. The Kier molecular flexibility index (Phi) is 2.69. The molecule has 18 heavy (non-hydrogen) atoms. The molecule has 2 aromatic carbocycles. The number of rotatable bonds is 3. The van der Waals surface area contributed by atoms with E-state index in [0.717, 1.165) is 11.1 Å². The maximum atomic E-state index is 11.1. The van der Waals surface area contributed by atoms with Crippen LogP contribution in [0.1, 0.15) is 18.1 Å². The molecule has 1 fully saturated rings. The van der Waals surface area contributed by atoms with E-state index in [1.165, 1.54) is 0 Å². The fourth-order valence-electron chi connectivity index (χ4n) is 2.50. The molecule has 1 N–H and O–H groups in total. The highest BCUT2D eigenvalue weighted by atomic mass is 16.6. The van der Waals surface area contributed by atoms with E-state index >= 15 is 0 Å². The average Bonchev–Trinajstić information content (AvgIpc) is 3.17. The molecule has 2 unspecified atom stereocenters. The number of benzene rings is 2. The van der Waals surface area contributed by atoms with Gasteiger partial charge in [-0.25, -0.2) is 0 Å². The van der Waals surface area contributed by atoms with Crippen molar-refractivity contribution in [3.8, 4) is 0 Å². The van der Waals surface area contributed by atoms with Crippen LogP contribution in [0.5, 0.6) is 0 Å². The molecular formula is C16H16O2. The van der Waals surface area contributed by atoms with Gasteiger partial charge in [-0.1, -0.05) is 60.7 Å². The highest BCUT2D eigenvalue weighted by Gasteiger charge is 2.53. The van der Waals surface area contributed by atoms with Gasteiger partial charge in [0.05, 0.1) is 6.10 Å². The molecule has 0 radical (unpaired) electrons. The third kappa shape index (κ3) is 1.74. The molecule has 2 atom stereocenters. The van der Waals surface area contributed by atoms with E-state index in [0.29, 0.717) is 0 Å². The van der Waals surface area contributed by atoms with Gasteiger partial charge in [-0.05, 0) is 18.1 Å². The topological polar surface area (TPSA) is 32.8 Å². The molecule has 0 saturated carbocycles. The quantitative estimate of drug-likeness (QED) is 0.837. The summed E-state index contributed by atoms with van der Waals surface area (Å²) in [5.74, 6) is 0. The van der Waals surface area contributed by atoms with Crippen LogP contribution in [0.3, 0.4) is 0 Å². The van der Waals surface area contributed by atoms with Crippen LogP contribution in [0, 0.1) is 0 Å². The number of aliphatic hydroxyl groups is 1. The molecule has 0 aromatic heterocycles. The summed E-state index contributed by atoms with van der Waals surface area (Å²) in [6.45, 7) is 1.99. The summed E-state index contributed by atoms with van der Waals surface area (Å²) in [5, 5.41) is 11.1. The average molecular weight is 240 g/mol. The van der Waals surface area contributed by atoms with Gasteiger partial charge in [0, 0.05) is 0 Å². The molecule has 2 nitrogen and oxygen atoms in total. The highest BCUT2D eigenvalue weighted by molar-refractivity contribution is 5.39. The van der Waals surface area contributed by atoms with Crippen molar-refractivity contribution in [2.75, 3.05) is 0 Å². The summed E-state index contributed by atoms with van der Waals surface area (Å²) >= 11 is 0. The van der Waals surface area contributed by atoms with Gasteiger partial charge in [-0.3, -0.25) is 0 Å². The minimum atomic E-state index is -1.05. The van der Waals surface area contributed by atoms with E-state index in [1.807, 2.05) is 67.6 Å². The molecule has 0 spiro atoms. The van der Waals surface area contributed by atoms with Crippen molar-refractivity contribution < 1.29 is 9.84 Å². The first-order valence-corrected chi connectivity index (χ1v) is 6.22. The van der Waals surface area contributed by atoms with Crippen LogP contribution >= 0.6 is 0 Å². The zero-order chi connectivity index (χ0) is 12.6. The van der Waals surface area contributed by atoms with Gasteiger partial charge in [0.15, 0.2) is 0 Å². The summed E-state index contributed by atoms with van der Waals surface area (Å²) in [4.78, 5) is 0. The van der Waals surface area contributed by atoms with Gasteiger partial charge in [-0.2, -0.15) is 0 Å². The van der Waals surface area contributed by atoms with E-state index in [1.54, 1.807) is 0 Å². The molecule has 0 aliphatic carbocycles. The first kappa shape index (κ1) is 11.5. The van der Waals surface area contributed by atoms with Crippen molar-refractivity contribution in [1.29, 1.82) is 0 Å². The lowest BCUT2D eigenvalue weighted by Gasteiger charge is -2.27. The normalized spacial score (nSPS) is 22.8. The molecule has 1 saturated heterocycles. The van der Waals surface area contributed by atoms with Crippen LogP contribution in [-0.2, 0) is 10.3 Å². The minimum absolute atomic E-state index is 0.0930. The first-order chi connectivity index (χ1) is 8.73. The number of hydrogen-bond acceptors (Lipinski definition) is 2. The predicted octanol–water partition coefficient (Wildman–Crippen LogP) is 2.71. The van der Waals surface area contributed by atoms with Crippen LogP contribution in [-0.4, -0.2) is 17.3 Å². The maximum absolute atomic E-state index is 11.1. The SMILES string of the molecule is CC1OC1C(O)(c1ccccc1)c1ccccc1. The van der Waals surface area contributed by atoms with E-state index in [2.05, 4.69) is 0 Å². The molecule has 1 aliphatic rings. The summed E-state index contributed by atoms with van der Waals surface area (Å²) in [6.07, 6.45) is -0.0716. The van der Waals surface area contributed by atoms with Crippen molar-refractivity contribution in [2.24, 2.45) is 0 Å². The second-order valence-electron chi connectivity index (χ2n) is 4.76. The van der Waals surface area contributed by atoms with Crippen LogP contribution in [0.15, 0.2) is 60.7 Å². The second kappa shape index (κ2) is 4.23. The first-order valence-electron chi connectivity index (χ1n) is 6.22. The van der Waals surface area contributed by atoms with Gasteiger partial charge >= 0.3 is 0 Å². The number of epoxide rings is 1. The van der Waals surface area contributed by atoms with E-state index in [4.69, 9.17) is 4.74 Å². The minimum Gasteiger partial charge on any atom is -0.378 e. The van der Waals surface area contributed by atoms with Crippen LogP contribution in [0.25, 0.3) is 0 Å². The van der Waals surface area contributed by atoms with Crippen molar-refractivity contribution in [3.63, 3.8) is 0 Å².